The van der Waals surface area contributed by atoms with E-state index < -0.39 is 6.10 Å². The molecule has 0 saturated heterocycles. The summed E-state index contributed by atoms with van der Waals surface area (Å²) in [5.74, 6) is -0.925. The van der Waals surface area contributed by atoms with E-state index in [2.05, 4.69) is 167 Å². The van der Waals surface area contributed by atoms with Crippen LogP contribution in [0.5, 0.6) is 0 Å². The Morgan fingerprint density at radius 3 is 0.744 bits per heavy atom. The van der Waals surface area contributed by atoms with Crippen LogP contribution in [0.15, 0.2) is 146 Å². The van der Waals surface area contributed by atoms with E-state index in [1.807, 2.05) is 0 Å². The second kappa shape index (κ2) is 68.8. The van der Waals surface area contributed by atoms with E-state index in [4.69, 9.17) is 14.2 Å². The molecule has 0 bridgehead atoms. The zero-order valence-electron chi connectivity index (χ0n) is 53.2. The summed E-state index contributed by atoms with van der Waals surface area (Å²) in [4.78, 5) is 38.5. The third-order valence-electron chi connectivity index (χ3n) is 14.1. The second-order valence-corrected chi connectivity index (χ2v) is 22.0. The highest BCUT2D eigenvalue weighted by molar-refractivity contribution is 5.71. The number of hydrogen-bond acceptors (Lipinski definition) is 6. The van der Waals surface area contributed by atoms with E-state index in [-0.39, 0.29) is 31.1 Å². The molecule has 0 aromatic rings. The lowest BCUT2D eigenvalue weighted by Gasteiger charge is -2.18. The normalized spacial score (nSPS) is 13.1. The number of allylic oxidation sites excluding steroid dienone is 24. The molecule has 0 saturated carbocycles. The number of carbonyl (C=O) groups excluding carboxylic acids is 3. The van der Waals surface area contributed by atoms with Gasteiger partial charge in [0.05, 0.1) is 0 Å². The summed E-state index contributed by atoms with van der Waals surface area (Å²) in [5.41, 5.74) is 0. The highest BCUT2D eigenvalue weighted by Crippen LogP contribution is 2.15. The molecule has 0 fully saturated rings. The number of unbranched alkanes of at least 4 members (excludes halogenated alkanes) is 25. The van der Waals surface area contributed by atoms with Crippen molar-refractivity contribution in [2.24, 2.45) is 0 Å². The van der Waals surface area contributed by atoms with Crippen LogP contribution in [0.2, 0.25) is 0 Å². The highest BCUT2D eigenvalue weighted by Gasteiger charge is 2.19. The maximum atomic E-state index is 13.0. The first-order valence-corrected chi connectivity index (χ1v) is 33.8. The predicted molar refractivity (Wildman–Crippen MR) is 357 cm³/mol. The molecule has 0 N–H and O–H groups in total. The lowest BCUT2D eigenvalue weighted by atomic mass is 10.1. The van der Waals surface area contributed by atoms with Gasteiger partial charge in [-0.3, -0.25) is 14.4 Å². The molecule has 0 amide bonds. The molecule has 0 aromatic heterocycles. The molecule has 0 heterocycles. The average Bonchev–Trinajstić information content (AvgIpc) is 3.47. The van der Waals surface area contributed by atoms with Crippen molar-refractivity contribution >= 4 is 17.9 Å². The third kappa shape index (κ3) is 66.1. The standard InChI is InChI=1S/C76H124O6/c1-4-7-10-13-16-19-22-25-28-31-34-36-37-38-39-41-42-45-48-51-54-57-60-63-66-69-75(78)81-72-73(71-80-74(77)68-65-62-59-56-53-50-47-44-33-30-27-24-21-18-15-12-9-6-3)82-76(79)70-67-64-61-58-55-52-49-46-43-40-35-32-29-26-23-20-17-14-11-8-5-2/h7-8,10-11,16-17,19-21,24-26,28-30,33-36,38-40,46,49,73H,4-6,9,12-15,18,22-23,27,31-32,37,41-45,47-48,50-72H2,1-3H3/b10-7-,11-8-,19-16-,20-17-,24-21-,28-25-,29-26-,33-30-,36-34-,39-38-,40-35-,49-46-. The van der Waals surface area contributed by atoms with Gasteiger partial charge in [0, 0.05) is 19.3 Å². The molecule has 0 aromatic carbocycles. The lowest BCUT2D eigenvalue weighted by Crippen LogP contribution is -2.30. The molecule has 0 radical (unpaired) electrons. The van der Waals surface area contributed by atoms with Crippen LogP contribution in [0.25, 0.3) is 0 Å². The van der Waals surface area contributed by atoms with Gasteiger partial charge >= 0.3 is 17.9 Å². The summed E-state index contributed by atoms with van der Waals surface area (Å²) in [6.45, 7) is 6.38. The number of carbonyl (C=O) groups is 3. The van der Waals surface area contributed by atoms with Gasteiger partial charge in [0.15, 0.2) is 6.10 Å². The van der Waals surface area contributed by atoms with Gasteiger partial charge in [-0.25, -0.2) is 0 Å². The first kappa shape index (κ1) is 77.3. The highest BCUT2D eigenvalue weighted by atomic mass is 16.6. The summed E-state index contributed by atoms with van der Waals surface area (Å²) in [5, 5.41) is 0. The van der Waals surface area contributed by atoms with E-state index >= 15 is 0 Å². The monoisotopic (exact) mass is 1130 g/mol. The zero-order chi connectivity index (χ0) is 59.2. The van der Waals surface area contributed by atoms with Crippen molar-refractivity contribution in [3.05, 3.63) is 146 Å². The van der Waals surface area contributed by atoms with Crippen LogP contribution in [0.1, 0.15) is 297 Å². The Bertz CT molecular complexity index is 1780. The van der Waals surface area contributed by atoms with Gasteiger partial charge in [-0.1, -0.05) is 282 Å². The largest absolute Gasteiger partial charge is 0.462 e. The van der Waals surface area contributed by atoms with Crippen LogP contribution in [0.4, 0.5) is 0 Å². The van der Waals surface area contributed by atoms with E-state index in [1.165, 1.54) is 96.3 Å². The predicted octanol–water partition coefficient (Wildman–Crippen LogP) is 23.5. The van der Waals surface area contributed by atoms with Crippen LogP contribution in [0, 0.1) is 0 Å². The number of rotatable bonds is 60. The zero-order valence-corrected chi connectivity index (χ0v) is 53.2. The van der Waals surface area contributed by atoms with E-state index in [9.17, 15) is 14.4 Å². The van der Waals surface area contributed by atoms with Crippen molar-refractivity contribution < 1.29 is 28.6 Å². The van der Waals surface area contributed by atoms with Crippen molar-refractivity contribution in [2.45, 2.75) is 303 Å². The number of hydrogen-bond donors (Lipinski definition) is 0. The van der Waals surface area contributed by atoms with Crippen LogP contribution >= 0.6 is 0 Å². The van der Waals surface area contributed by atoms with Crippen molar-refractivity contribution in [2.75, 3.05) is 13.2 Å². The molecule has 82 heavy (non-hydrogen) atoms. The molecule has 0 spiro atoms. The van der Waals surface area contributed by atoms with Gasteiger partial charge in [0.25, 0.3) is 0 Å². The summed E-state index contributed by atoms with van der Waals surface area (Å²) < 4.78 is 17.0. The summed E-state index contributed by atoms with van der Waals surface area (Å²) >= 11 is 0. The minimum absolute atomic E-state index is 0.0964. The molecular formula is C76H124O6. The lowest BCUT2D eigenvalue weighted by molar-refractivity contribution is -0.167. The van der Waals surface area contributed by atoms with Crippen molar-refractivity contribution in [1.82, 2.24) is 0 Å². The minimum atomic E-state index is -0.803. The molecule has 464 valence electrons. The third-order valence-corrected chi connectivity index (χ3v) is 14.1. The smallest absolute Gasteiger partial charge is 0.306 e. The minimum Gasteiger partial charge on any atom is -0.462 e. The van der Waals surface area contributed by atoms with Gasteiger partial charge in [0.1, 0.15) is 13.2 Å². The van der Waals surface area contributed by atoms with Gasteiger partial charge in [0.2, 0.25) is 0 Å². The van der Waals surface area contributed by atoms with E-state index in [0.29, 0.717) is 19.3 Å². The molecule has 6 nitrogen and oxygen atoms in total. The quantitative estimate of drug-likeness (QED) is 0.0261. The Morgan fingerprint density at radius 2 is 0.476 bits per heavy atom. The Morgan fingerprint density at radius 1 is 0.256 bits per heavy atom. The average molecular weight is 1130 g/mol. The second-order valence-electron chi connectivity index (χ2n) is 22.0. The fraction of sp³-hybridized carbons (Fsp3) is 0.645. The van der Waals surface area contributed by atoms with E-state index in [1.54, 1.807) is 0 Å². The molecular weight excluding hydrogens is 1010 g/mol. The van der Waals surface area contributed by atoms with Crippen molar-refractivity contribution in [3.8, 4) is 0 Å². The van der Waals surface area contributed by atoms with Gasteiger partial charge in [-0.15, -0.1) is 0 Å². The molecule has 0 aliphatic rings. The first-order valence-electron chi connectivity index (χ1n) is 33.8. The summed E-state index contributed by atoms with van der Waals surface area (Å²) in [6.07, 6.45) is 98.5. The maximum Gasteiger partial charge on any atom is 0.306 e. The Labute approximate surface area is 506 Å². The Balaban J connectivity index is 4.46. The van der Waals surface area contributed by atoms with E-state index in [0.717, 1.165) is 161 Å². The Hall–Kier alpha value is -4.71. The molecule has 1 unspecified atom stereocenters. The van der Waals surface area contributed by atoms with Crippen molar-refractivity contribution in [3.63, 3.8) is 0 Å². The SMILES string of the molecule is CC/C=C\C/C=C\C/C=C\C/C=C\C/C=C\CCCCCCCCCCCC(=O)OCC(COC(=O)CCCCCCCCC/C=C\C/C=C\CCCCCC)OC(=O)CCCCCCC/C=C\C/C=C\C/C=C\C/C=C\C/C=C\CC. The summed E-state index contributed by atoms with van der Waals surface area (Å²) in [6, 6.07) is 0. The van der Waals surface area contributed by atoms with Crippen LogP contribution in [-0.2, 0) is 28.6 Å². The molecule has 0 rings (SSSR count). The van der Waals surface area contributed by atoms with Crippen molar-refractivity contribution in [1.29, 1.82) is 0 Å². The number of esters is 3. The topological polar surface area (TPSA) is 78.9 Å². The van der Waals surface area contributed by atoms with Crippen LogP contribution in [-0.4, -0.2) is 37.2 Å². The number of ether oxygens (including phenoxy) is 3. The molecule has 1 atom stereocenters. The van der Waals surface area contributed by atoms with Gasteiger partial charge in [-0.2, -0.15) is 0 Å². The fourth-order valence-electron chi connectivity index (χ4n) is 9.06. The summed E-state index contributed by atoms with van der Waals surface area (Å²) in [7, 11) is 0. The molecule has 6 heteroatoms. The Kier molecular flexibility index (Phi) is 64.8. The molecule has 0 aliphatic carbocycles. The van der Waals surface area contributed by atoms with Crippen LogP contribution < -0.4 is 0 Å². The maximum absolute atomic E-state index is 13.0. The fourth-order valence-corrected chi connectivity index (χ4v) is 9.06. The van der Waals surface area contributed by atoms with Gasteiger partial charge < -0.3 is 14.2 Å². The molecule has 0 aliphatic heterocycles. The first-order chi connectivity index (χ1) is 40.5. The van der Waals surface area contributed by atoms with Gasteiger partial charge in [-0.05, 0) is 141 Å². The van der Waals surface area contributed by atoms with Crippen LogP contribution in [0.3, 0.4) is 0 Å².